The van der Waals surface area contributed by atoms with Crippen LogP contribution >= 0.6 is 23.4 Å². The molecule has 5 nitrogen and oxygen atoms in total. The highest BCUT2D eigenvalue weighted by atomic mass is 35.5. The third kappa shape index (κ3) is 3.12. The summed E-state index contributed by atoms with van der Waals surface area (Å²) < 4.78 is 5.45. The molecule has 0 fully saturated rings. The van der Waals surface area contributed by atoms with Crippen LogP contribution in [0.15, 0.2) is 58.4 Å². The topological polar surface area (TPSA) is 68.9 Å². The van der Waals surface area contributed by atoms with Crippen molar-refractivity contribution < 1.29 is 9.21 Å². The second-order valence-corrected chi connectivity index (χ2v) is 5.31. The zero-order valence-electron chi connectivity index (χ0n) is 10.6. The molecule has 0 amide bonds. The van der Waals surface area contributed by atoms with Crippen molar-refractivity contribution in [3.8, 4) is 11.5 Å². The summed E-state index contributed by atoms with van der Waals surface area (Å²) in [6.07, 6.45) is 3.25. The molecule has 0 aliphatic rings. The molecule has 1 aromatic carbocycles. The molecule has 0 spiro atoms. The van der Waals surface area contributed by atoms with Gasteiger partial charge in [-0.15, -0.1) is 10.2 Å². The number of benzene rings is 1. The van der Waals surface area contributed by atoms with Gasteiger partial charge in [0.25, 0.3) is 5.22 Å². The van der Waals surface area contributed by atoms with Gasteiger partial charge in [-0.05, 0) is 24.3 Å². The molecular formula is C14H8ClN3O2S. The number of aromatic nitrogens is 3. The molecule has 0 unspecified atom stereocenters. The van der Waals surface area contributed by atoms with Gasteiger partial charge in [-0.25, -0.2) is 0 Å². The number of hydrogen-bond acceptors (Lipinski definition) is 6. The molecule has 2 heterocycles. The maximum Gasteiger partial charge on any atom is 0.284 e. The molecule has 0 aliphatic carbocycles. The Morgan fingerprint density at radius 2 is 1.86 bits per heavy atom. The van der Waals surface area contributed by atoms with E-state index in [1.165, 1.54) is 0 Å². The average molecular weight is 318 g/mol. The summed E-state index contributed by atoms with van der Waals surface area (Å²) in [5.41, 5.74) is 1.15. The summed E-state index contributed by atoms with van der Waals surface area (Å²) in [5, 5.41) is 8.08. The molecule has 3 aromatic rings. The molecule has 2 aromatic heterocycles. The number of rotatable bonds is 3. The van der Waals surface area contributed by atoms with Crippen molar-refractivity contribution in [2.75, 3.05) is 0 Å². The van der Waals surface area contributed by atoms with Gasteiger partial charge in [0, 0.05) is 35.3 Å². The number of hydrogen-bond donors (Lipinski definition) is 0. The second-order valence-electron chi connectivity index (χ2n) is 3.98. The Hall–Kier alpha value is -2.18. The molecule has 0 N–H and O–H groups in total. The summed E-state index contributed by atoms with van der Waals surface area (Å²) in [6.45, 7) is 0. The van der Waals surface area contributed by atoms with Crippen LogP contribution in [0, 0.1) is 0 Å². The third-order valence-corrected chi connectivity index (χ3v) is 3.68. The lowest BCUT2D eigenvalue weighted by Crippen LogP contribution is -1.94. The van der Waals surface area contributed by atoms with E-state index in [0.29, 0.717) is 16.5 Å². The van der Waals surface area contributed by atoms with Crippen molar-refractivity contribution in [3.63, 3.8) is 0 Å². The minimum Gasteiger partial charge on any atom is -0.411 e. The smallest absolute Gasteiger partial charge is 0.284 e. The summed E-state index contributed by atoms with van der Waals surface area (Å²) in [7, 11) is 0. The lowest BCUT2D eigenvalue weighted by atomic mass is 10.2. The average Bonchev–Trinajstić information content (AvgIpc) is 2.97. The summed E-state index contributed by atoms with van der Waals surface area (Å²) in [6, 6.07) is 10.3. The molecule has 3 rings (SSSR count). The summed E-state index contributed by atoms with van der Waals surface area (Å²) >= 11 is 6.83. The van der Waals surface area contributed by atoms with Crippen LogP contribution in [0.3, 0.4) is 0 Å². The fourth-order valence-corrected chi connectivity index (χ4v) is 2.55. The molecule has 0 bridgehead atoms. The van der Waals surface area contributed by atoms with Crippen molar-refractivity contribution in [2.24, 2.45) is 0 Å². The van der Waals surface area contributed by atoms with Gasteiger partial charge in [-0.2, -0.15) is 0 Å². The van der Waals surface area contributed by atoms with Crippen molar-refractivity contribution in [3.05, 3.63) is 59.4 Å². The zero-order chi connectivity index (χ0) is 14.7. The molecular weight excluding hydrogens is 310 g/mol. The van der Waals surface area contributed by atoms with Crippen molar-refractivity contribution in [1.29, 1.82) is 0 Å². The van der Waals surface area contributed by atoms with Crippen LogP contribution in [0.5, 0.6) is 0 Å². The Bertz CT molecular complexity index is 777. The first-order valence-corrected chi connectivity index (χ1v) is 7.14. The van der Waals surface area contributed by atoms with Gasteiger partial charge < -0.3 is 4.42 Å². The Morgan fingerprint density at radius 3 is 2.62 bits per heavy atom. The molecule has 0 saturated carbocycles. The first-order valence-electron chi connectivity index (χ1n) is 5.94. The largest absolute Gasteiger partial charge is 0.411 e. The highest BCUT2D eigenvalue weighted by Crippen LogP contribution is 2.27. The number of thioether (sulfide) groups is 1. The van der Waals surface area contributed by atoms with E-state index < -0.39 is 0 Å². The predicted molar refractivity (Wildman–Crippen MR) is 79.2 cm³/mol. The number of carbonyl (C=O) groups excluding carboxylic acids is 1. The van der Waals surface area contributed by atoms with Crippen molar-refractivity contribution in [2.45, 2.75) is 5.22 Å². The van der Waals surface area contributed by atoms with Gasteiger partial charge in [-0.1, -0.05) is 23.7 Å². The Labute approximate surface area is 129 Å². The molecule has 7 heteroatoms. The van der Waals surface area contributed by atoms with Gasteiger partial charge >= 0.3 is 0 Å². The normalized spacial score (nSPS) is 10.5. The quantitative estimate of drug-likeness (QED) is 0.686. The van der Waals surface area contributed by atoms with E-state index >= 15 is 0 Å². The fourth-order valence-electron chi connectivity index (χ4n) is 1.62. The maximum atomic E-state index is 12.1. The van der Waals surface area contributed by atoms with Gasteiger partial charge in [0.15, 0.2) is 0 Å². The monoisotopic (exact) mass is 317 g/mol. The third-order valence-electron chi connectivity index (χ3n) is 2.61. The minimum atomic E-state index is -0.245. The predicted octanol–water partition coefficient (Wildman–Crippen LogP) is 3.72. The summed E-state index contributed by atoms with van der Waals surface area (Å²) in [5.74, 6) is 0.340. The van der Waals surface area contributed by atoms with Gasteiger partial charge in [0.1, 0.15) is 0 Å². The van der Waals surface area contributed by atoms with Crippen LogP contribution in [0.25, 0.3) is 11.5 Å². The van der Waals surface area contributed by atoms with E-state index in [1.54, 1.807) is 48.8 Å². The first kappa shape index (κ1) is 13.8. The van der Waals surface area contributed by atoms with Crippen LogP contribution in [-0.2, 0) is 0 Å². The molecule has 0 atom stereocenters. The highest BCUT2D eigenvalue weighted by Gasteiger charge is 2.16. The van der Waals surface area contributed by atoms with E-state index in [4.69, 9.17) is 16.0 Å². The molecule has 21 heavy (non-hydrogen) atoms. The fraction of sp³-hybridized carbons (Fsp3) is 0. The second kappa shape index (κ2) is 6.07. The Balaban J connectivity index is 1.79. The van der Waals surface area contributed by atoms with Gasteiger partial charge in [0.2, 0.25) is 11.0 Å². The van der Waals surface area contributed by atoms with Crippen LogP contribution in [0.2, 0.25) is 5.02 Å². The Kier molecular flexibility index (Phi) is 3.98. The van der Waals surface area contributed by atoms with Crippen molar-refractivity contribution >= 4 is 28.5 Å². The summed E-state index contributed by atoms with van der Waals surface area (Å²) in [4.78, 5) is 16.0. The Morgan fingerprint density at radius 1 is 1.10 bits per heavy atom. The minimum absolute atomic E-state index is 0.173. The van der Waals surface area contributed by atoms with E-state index in [2.05, 4.69) is 15.2 Å². The van der Waals surface area contributed by atoms with E-state index in [9.17, 15) is 4.79 Å². The van der Waals surface area contributed by atoms with Crippen LogP contribution in [0.4, 0.5) is 0 Å². The SMILES string of the molecule is O=C(Sc1nnc(-c2ccncc2)o1)c1ccccc1Cl. The maximum absolute atomic E-state index is 12.1. The molecule has 0 aliphatic heterocycles. The zero-order valence-corrected chi connectivity index (χ0v) is 12.1. The van der Waals surface area contributed by atoms with E-state index in [-0.39, 0.29) is 10.3 Å². The standard InChI is InChI=1S/C14H8ClN3O2S/c15-11-4-2-1-3-10(11)13(19)21-14-18-17-12(20-14)9-5-7-16-8-6-9/h1-8H. The molecule has 0 saturated heterocycles. The number of nitrogens with zero attached hydrogens (tertiary/aromatic N) is 3. The number of carbonyl (C=O) groups is 1. The van der Waals surface area contributed by atoms with Crippen LogP contribution in [-0.4, -0.2) is 20.3 Å². The van der Waals surface area contributed by atoms with Crippen molar-refractivity contribution in [1.82, 2.24) is 15.2 Å². The van der Waals surface area contributed by atoms with E-state index in [1.807, 2.05) is 0 Å². The van der Waals surface area contributed by atoms with Gasteiger partial charge in [0.05, 0.1) is 5.02 Å². The molecule has 104 valence electrons. The van der Waals surface area contributed by atoms with Crippen LogP contribution in [0.1, 0.15) is 10.4 Å². The number of halogens is 1. The number of pyridine rings is 1. The lowest BCUT2D eigenvalue weighted by molar-refractivity contribution is 0.108. The van der Waals surface area contributed by atoms with Gasteiger partial charge in [-0.3, -0.25) is 9.78 Å². The first-order chi connectivity index (χ1) is 10.2. The lowest BCUT2D eigenvalue weighted by Gasteiger charge is -1.99. The van der Waals surface area contributed by atoms with E-state index in [0.717, 1.165) is 17.3 Å². The highest BCUT2D eigenvalue weighted by molar-refractivity contribution is 8.14. The van der Waals surface area contributed by atoms with Crippen LogP contribution < -0.4 is 0 Å². The molecule has 0 radical (unpaired) electrons.